The largest absolute Gasteiger partial charge is 0.339 e. The second-order valence-corrected chi connectivity index (χ2v) is 9.54. The van der Waals surface area contributed by atoms with Crippen LogP contribution in [0.5, 0.6) is 0 Å². The van der Waals surface area contributed by atoms with Gasteiger partial charge in [0.05, 0.1) is 17.0 Å². The van der Waals surface area contributed by atoms with E-state index in [4.69, 9.17) is 4.98 Å². The first-order valence-corrected chi connectivity index (χ1v) is 11.8. The Kier molecular flexibility index (Phi) is 5.79. The van der Waals surface area contributed by atoms with E-state index in [1.807, 2.05) is 48.4 Å². The van der Waals surface area contributed by atoms with E-state index in [0.29, 0.717) is 15.4 Å². The lowest BCUT2D eigenvalue weighted by Gasteiger charge is -2.33. The third kappa shape index (κ3) is 3.98. The number of piperidine rings is 1. The second kappa shape index (κ2) is 8.32. The Labute approximate surface area is 178 Å². The van der Waals surface area contributed by atoms with Gasteiger partial charge in [0, 0.05) is 12.6 Å². The highest BCUT2D eigenvalue weighted by Gasteiger charge is 2.24. The molecule has 1 aliphatic heterocycles. The number of rotatable bonds is 4. The Morgan fingerprint density at radius 3 is 2.90 bits per heavy atom. The van der Waals surface area contributed by atoms with Crippen molar-refractivity contribution >= 4 is 39.2 Å². The molecule has 0 N–H and O–H groups in total. The molecule has 1 aliphatic rings. The molecule has 0 bridgehead atoms. The van der Waals surface area contributed by atoms with Crippen LogP contribution in [0.1, 0.15) is 37.3 Å². The molecule has 3 aromatic rings. The molecule has 3 heterocycles. The zero-order valence-corrected chi connectivity index (χ0v) is 18.6. The number of hydrogen-bond donors (Lipinski definition) is 0. The van der Waals surface area contributed by atoms with Crippen LogP contribution >= 0.6 is 23.1 Å². The number of hydrogen-bond acceptors (Lipinski definition) is 5. The SMILES string of the molecule is Cc1ccc(C)c(-n2c(SCC(=O)N3CCCCC3C)nc3ccsc3c2=O)c1. The number of thioether (sulfide) groups is 1. The van der Waals surface area contributed by atoms with Crippen molar-refractivity contribution in [2.45, 2.75) is 51.2 Å². The number of fused-ring (bicyclic) bond motifs is 1. The minimum Gasteiger partial charge on any atom is -0.339 e. The second-order valence-electron chi connectivity index (χ2n) is 7.68. The number of carbonyl (C=O) groups is 1. The van der Waals surface area contributed by atoms with Crippen LogP contribution in [0.15, 0.2) is 39.6 Å². The Hall–Kier alpha value is -2.12. The Morgan fingerprint density at radius 1 is 1.28 bits per heavy atom. The summed E-state index contributed by atoms with van der Waals surface area (Å²) in [5.74, 6) is 0.409. The van der Waals surface area contributed by atoms with Crippen LogP contribution in [-0.4, -0.2) is 38.7 Å². The molecule has 1 unspecified atom stereocenters. The van der Waals surface area contributed by atoms with Gasteiger partial charge in [-0.1, -0.05) is 23.9 Å². The van der Waals surface area contributed by atoms with Gasteiger partial charge in [-0.25, -0.2) is 4.98 Å². The molecule has 7 heteroatoms. The van der Waals surface area contributed by atoms with Gasteiger partial charge in [-0.2, -0.15) is 0 Å². The molecule has 0 aliphatic carbocycles. The summed E-state index contributed by atoms with van der Waals surface area (Å²) < 4.78 is 2.32. The van der Waals surface area contributed by atoms with Crippen molar-refractivity contribution in [1.29, 1.82) is 0 Å². The Balaban J connectivity index is 1.72. The quantitative estimate of drug-likeness (QED) is 0.453. The minimum absolute atomic E-state index is 0.0695. The molecule has 1 saturated heterocycles. The lowest BCUT2D eigenvalue weighted by atomic mass is 10.0. The zero-order chi connectivity index (χ0) is 20.5. The average Bonchev–Trinajstić information content (AvgIpc) is 3.18. The first-order chi connectivity index (χ1) is 14.0. The number of carbonyl (C=O) groups excluding carboxylic acids is 1. The van der Waals surface area contributed by atoms with Gasteiger partial charge in [0.15, 0.2) is 5.16 Å². The van der Waals surface area contributed by atoms with Crippen molar-refractivity contribution in [3.63, 3.8) is 0 Å². The van der Waals surface area contributed by atoms with Gasteiger partial charge in [-0.15, -0.1) is 11.3 Å². The van der Waals surface area contributed by atoms with Crippen molar-refractivity contribution < 1.29 is 4.79 Å². The fourth-order valence-corrected chi connectivity index (χ4v) is 5.49. The topological polar surface area (TPSA) is 55.2 Å². The Morgan fingerprint density at radius 2 is 2.10 bits per heavy atom. The van der Waals surface area contributed by atoms with Crippen LogP contribution in [0.25, 0.3) is 15.9 Å². The van der Waals surface area contributed by atoms with E-state index in [-0.39, 0.29) is 23.3 Å². The highest BCUT2D eigenvalue weighted by Crippen LogP contribution is 2.26. The molecule has 1 fully saturated rings. The first-order valence-electron chi connectivity index (χ1n) is 9.96. The number of aryl methyl sites for hydroxylation is 2. The van der Waals surface area contributed by atoms with E-state index in [1.54, 1.807) is 4.57 Å². The molecule has 1 amide bonds. The molecule has 0 saturated carbocycles. The summed E-state index contributed by atoms with van der Waals surface area (Å²) in [5, 5.41) is 2.47. The van der Waals surface area contributed by atoms with Crippen LogP contribution < -0.4 is 5.56 Å². The fraction of sp³-hybridized carbons (Fsp3) is 0.409. The predicted molar refractivity (Wildman–Crippen MR) is 120 cm³/mol. The normalized spacial score (nSPS) is 17.1. The molecular formula is C22H25N3O2S2. The summed E-state index contributed by atoms with van der Waals surface area (Å²) in [6.45, 7) is 6.94. The number of nitrogens with zero attached hydrogens (tertiary/aromatic N) is 3. The highest BCUT2D eigenvalue weighted by atomic mass is 32.2. The van der Waals surface area contributed by atoms with Crippen molar-refractivity contribution in [3.05, 3.63) is 51.1 Å². The van der Waals surface area contributed by atoms with Gasteiger partial charge < -0.3 is 4.90 Å². The number of likely N-dealkylation sites (tertiary alicyclic amines) is 1. The molecular weight excluding hydrogens is 402 g/mol. The third-order valence-electron chi connectivity index (χ3n) is 5.50. The van der Waals surface area contributed by atoms with E-state index in [0.717, 1.165) is 36.2 Å². The smallest absolute Gasteiger partial charge is 0.276 e. The van der Waals surface area contributed by atoms with E-state index in [9.17, 15) is 9.59 Å². The average molecular weight is 428 g/mol. The lowest BCUT2D eigenvalue weighted by molar-refractivity contribution is -0.131. The summed E-state index contributed by atoms with van der Waals surface area (Å²) in [6, 6.07) is 8.22. The zero-order valence-electron chi connectivity index (χ0n) is 17.0. The monoisotopic (exact) mass is 427 g/mol. The molecule has 1 atom stereocenters. The van der Waals surface area contributed by atoms with E-state index in [1.165, 1.54) is 29.5 Å². The molecule has 1 aromatic carbocycles. The van der Waals surface area contributed by atoms with Gasteiger partial charge in [-0.3, -0.25) is 14.2 Å². The van der Waals surface area contributed by atoms with Crippen LogP contribution in [0.2, 0.25) is 0 Å². The van der Waals surface area contributed by atoms with Gasteiger partial charge in [0.1, 0.15) is 4.70 Å². The van der Waals surface area contributed by atoms with Crippen LogP contribution in [0, 0.1) is 13.8 Å². The molecule has 5 nitrogen and oxygen atoms in total. The van der Waals surface area contributed by atoms with Crippen molar-refractivity contribution in [2.75, 3.05) is 12.3 Å². The molecule has 4 rings (SSSR count). The number of thiophene rings is 1. The van der Waals surface area contributed by atoms with Crippen LogP contribution in [-0.2, 0) is 4.79 Å². The summed E-state index contributed by atoms with van der Waals surface area (Å²) in [7, 11) is 0. The van der Waals surface area contributed by atoms with Gasteiger partial charge >= 0.3 is 0 Å². The lowest BCUT2D eigenvalue weighted by Crippen LogP contribution is -2.43. The predicted octanol–water partition coefficient (Wildman–Crippen LogP) is 4.56. The van der Waals surface area contributed by atoms with Gasteiger partial charge in [0.25, 0.3) is 5.56 Å². The van der Waals surface area contributed by atoms with Crippen LogP contribution in [0.4, 0.5) is 0 Å². The van der Waals surface area contributed by atoms with Gasteiger partial charge in [-0.05, 0) is 68.7 Å². The molecule has 29 heavy (non-hydrogen) atoms. The van der Waals surface area contributed by atoms with E-state index in [2.05, 4.69) is 6.92 Å². The summed E-state index contributed by atoms with van der Waals surface area (Å²) >= 11 is 2.77. The van der Waals surface area contributed by atoms with Crippen molar-refractivity contribution in [2.24, 2.45) is 0 Å². The summed E-state index contributed by atoms with van der Waals surface area (Å²) in [4.78, 5) is 32.9. The van der Waals surface area contributed by atoms with Gasteiger partial charge in [0.2, 0.25) is 5.91 Å². The number of aromatic nitrogens is 2. The molecule has 0 spiro atoms. The third-order valence-corrected chi connectivity index (χ3v) is 7.32. The highest BCUT2D eigenvalue weighted by molar-refractivity contribution is 7.99. The van der Waals surface area contributed by atoms with E-state index < -0.39 is 0 Å². The standard InChI is InChI=1S/C22H25N3O2S2/c1-14-7-8-15(2)18(12-14)25-21(27)20-17(9-11-28-20)23-22(25)29-13-19(26)24-10-5-4-6-16(24)3/h7-9,11-12,16H,4-6,10,13H2,1-3H3. The molecule has 2 aromatic heterocycles. The summed E-state index contributed by atoms with van der Waals surface area (Å²) in [5.41, 5.74) is 3.55. The maximum absolute atomic E-state index is 13.3. The summed E-state index contributed by atoms with van der Waals surface area (Å²) in [6.07, 6.45) is 3.30. The maximum atomic E-state index is 13.3. The van der Waals surface area contributed by atoms with Crippen molar-refractivity contribution in [1.82, 2.24) is 14.5 Å². The van der Waals surface area contributed by atoms with Crippen LogP contribution in [0.3, 0.4) is 0 Å². The Bertz CT molecular complexity index is 1120. The number of amides is 1. The maximum Gasteiger partial charge on any atom is 0.276 e. The number of benzene rings is 1. The molecule has 152 valence electrons. The first kappa shape index (κ1) is 20.2. The van der Waals surface area contributed by atoms with E-state index >= 15 is 0 Å². The minimum atomic E-state index is -0.0695. The van der Waals surface area contributed by atoms with Crippen molar-refractivity contribution in [3.8, 4) is 5.69 Å². The fourth-order valence-electron chi connectivity index (χ4n) is 3.84. The molecule has 0 radical (unpaired) electrons.